The van der Waals surface area contributed by atoms with Crippen LogP contribution < -0.4 is 26.8 Å². The maximum atomic E-state index is 12.6. The Morgan fingerprint density at radius 1 is 0.617 bits per heavy atom. The van der Waals surface area contributed by atoms with Crippen molar-refractivity contribution in [1.82, 2.24) is 0 Å². The van der Waals surface area contributed by atoms with Gasteiger partial charge >= 0.3 is 30.4 Å². The highest BCUT2D eigenvalue weighted by molar-refractivity contribution is 7.86. The molecule has 47 heavy (non-hydrogen) atoms. The molecular weight excluding hydrogens is 677 g/mol. The van der Waals surface area contributed by atoms with Gasteiger partial charge in [0.05, 0.1) is 44.1 Å². The first-order chi connectivity index (χ1) is 22.0. The molecule has 0 aliphatic rings. The van der Waals surface area contributed by atoms with Crippen molar-refractivity contribution >= 4 is 36.6 Å². The maximum Gasteiger partial charge on any atom is 0.306 e. The first-order valence-corrected chi connectivity index (χ1v) is 18.8. The number of hydrogen-bond donors (Lipinski definition) is 0. The highest BCUT2D eigenvalue weighted by Crippen LogP contribution is 2.52. The Morgan fingerprint density at radius 2 is 1.23 bits per heavy atom. The molecule has 0 aromatic heterocycles. The minimum absolute atomic E-state index is 0.0241. The summed E-state index contributed by atoms with van der Waals surface area (Å²) in [6.07, 6.45) is 2.94. The molecule has 4 aromatic carbocycles. The summed E-state index contributed by atoms with van der Waals surface area (Å²) in [5.41, 5.74) is 1.30. The molecule has 0 atom stereocenters. The first-order valence-electron chi connectivity index (χ1n) is 13.4. The molecule has 0 saturated carbocycles. The van der Waals surface area contributed by atoms with Gasteiger partial charge in [-0.05, 0) is 47.0 Å². The van der Waals surface area contributed by atoms with Crippen LogP contribution in [0.25, 0.3) is 22.3 Å². The topological polar surface area (TPSA) is 175 Å². The van der Waals surface area contributed by atoms with Gasteiger partial charge in [0.1, 0.15) is 18.1 Å². The fourth-order valence-corrected chi connectivity index (χ4v) is 5.90. The number of benzene rings is 4. The monoisotopic (exact) mass is 706 g/mol. The van der Waals surface area contributed by atoms with Gasteiger partial charge in [-0.25, -0.2) is 0 Å². The summed E-state index contributed by atoms with van der Waals surface area (Å²) >= 11 is 0. The van der Waals surface area contributed by atoms with Crippen molar-refractivity contribution in [2.24, 2.45) is 0 Å². The van der Waals surface area contributed by atoms with Crippen LogP contribution in [0.5, 0.6) is 34.5 Å². The van der Waals surface area contributed by atoms with Crippen molar-refractivity contribution in [2.75, 3.05) is 33.0 Å². The van der Waals surface area contributed by atoms with Gasteiger partial charge in [-0.15, -0.1) is 0 Å². The van der Waals surface area contributed by atoms with Crippen LogP contribution in [0.3, 0.4) is 0 Å². The Balaban J connectivity index is 1.99. The third-order valence-corrected chi connectivity index (χ3v) is 7.68. The van der Waals surface area contributed by atoms with E-state index in [1.165, 1.54) is 56.7 Å². The molecular formula is C31H30O13S3. The van der Waals surface area contributed by atoms with E-state index < -0.39 is 30.4 Å². The maximum absolute atomic E-state index is 12.6. The lowest BCUT2D eigenvalue weighted by molar-refractivity contribution is 0.111. The average Bonchev–Trinajstić information content (AvgIpc) is 2.98. The van der Waals surface area contributed by atoms with Gasteiger partial charge in [0.2, 0.25) is 0 Å². The molecule has 250 valence electrons. The summed E-state index contributed by atoms with van der Waals surface area (Å²) in [6.45, 7) is -0.0382. The van der Waals surface area contributed by atoms with Crippen molar-refractivity contribution in [3.05, 3.63) is 83.9 Å². The molecule has 0 amide bonds. The SMILES string of the molecule is COc1cc(-c2ccc(OS(C)(=O)=O)cc2)c(OC)c(OS(C)(=O)=O)c1-c1cc(C=O)c(OCc2ccccc2)c(OS(C)(=O)=O)c1. The summed E-state index contributed by atoms with van der Waals surface area (Å²) < 4.78 is 106. The van der Waals surface area contributed by atoms with Gasteiger partial charge in [0, 0.05) is 5.56 Å². The summed E-state index contributed by atoms with van der Waals surface area (Å²) in [5.74, 6) is -0.939. The van der Waals surface area contributed by atoms with Crippen molar-refractivity contribution < 1.29 is 56.8 Å². The molecule has 0 saturated heterocycles. The van der Waals surface area contributed by atoms with E-state index in [1.54, 1.807) is 30.3 Å². The standard InChI is InChI=1S/C31H30O13S3/c1-39-26-17-25(21-11-13-24(14-12-21)42-45(3,33)34)30(40-2)31(44-47(5,37)38)28(26)22-15-23(18-32)29(27(16-22)43-46(4,35)36)41-19-20-9-7-6-8-10-20/h6-18H,19H2,1-5H3. The molecule has 0 heterocycles. The minimum atomic E-state index is -4.24. The van der Waals surface area contributed by atoms with E-state index in [2.05, 4.69) is 0 Å². The first kappa shape index (κ1) is 35.1. The zero-order chi connectivity index (χ0) is 34.6. The number of aldehydes is 1. The molecule has 0 bridgehead atoms. The molecule has 13 nitrogen and oxygen atoms in total. The largest absolute Gasteiger partial charge is 0.496 e. The fraction of sp³-hybridized carbons (Fsp3) is 0.194. The number of carbonyl (C=O) groups excluding carboxylic acids is 1. The summed E-state index contributed by atoms with van der Waals surface area (Å²) in [5, 5.41) is 0. The highest BCUT2D eigenvalue weighted by Gasteiger charge is 2.28. The molecule has 0 aliphatic heterocycles. The second-order valence-electron chi connectivity index (χ2n) is 10.0. The number of rotatable bonds is 14. The molecule has 0 fully saturated rings. The Hall–Kier alpha value is -4.80. The van der Waals surface area contributed by atoms with Crippen LogP contribution in [0.4, 0.5) is 0 Å². The van der Waals surface area contributed by atoms with Crippen LogP contribution in [-0.2, 0) is 37.0 Å². The Kier molecular flexibility index (Phi) is 10.4. The lowest BCUT2D eigenvalue weighted by atomic mass is 9.95. The number of ether oxygens (including phenoxy) is 3. The lowest BCUT2D eigenvalue weighted by Crippen LogP contribution is -2.11. The zero-order valence-electron chi connectivity index (χ0n) is 25.7. The van der Waals surface area contributed by atoms with Gasteiger partial charge in [0.15, 0.2) is 29.3 Å². The van der Waals surface area contributed by atoms with E-state index in [9.17, 15) is 30.0 Å². The van der Waals surface area contributed by atoms with E-state index in [4.69, 9.17) is 26.8 Å². The fourth-order valence-electron chi connectivity index (χ4n) is 4.53. The predicted molar refractivity (Wildman–Crippen MR) is 173 cm³/mol. The third-order valence-electron chi connectivity index (χ3n) is 6.24. The predicted octanol–water partition coefficient (Wildman–Crippen LogP) is 4.44. The second-order valence-corrected chi connectivity index (χ2v) is 14.8. The molecule has 0 spiro atoms. The number of hydrogen-bond acceptors (Lipinski definition) is 13. The van der Waals surface area contributed by atoms with Crippen LogP contribution in [0.15, 0.2) is 72.8 Å². The molecule has 16 heteroatoms. The summed E-state index contributed by atoms with van der Waals surface area (Å²) in [4.78, 5) is 12.4. The van der Waals surface area contributed by atoms with E-state index >= 15 is 0 Å². The van der Waals surface area contributed by atoms with Crippen LogP contribution >= 0.6 is 0 Å². The van der Waals surface area contributed by atoms with Gasteiger partial charge in [-0.2, -0.15) is 25.3 Å². The normalized spacial score (nSPS) is 11.8. The molecule has 0 aliphatic carbocycles. The van der Waals surface area contributed by atoms with Crippen LogP contribution in [0.2, 0.25) is 0 Å². The number of carbonyl (C=O) groups is 1. The summed E-state index contributed by atoms with van der Waals surface area (Å²) in [7, 11) is -9.63. The molecule has 4 aromatic rings. The van der Waals surface area contributed by atoms with Gasteiger partial charge in [0.25, 0.3) is 0 Å². The van der Waals surface area contributed by atoms with Crippen molar-refractivity contribution in [2.45, 2.75) is 6.61 Å². The third kappa shape index (κ3) is 9.15. The smallest absolute Gasteiger partial charge is 0.306 e. The van der Waals surface area contributed by atoms with Gasteiger partial charge in [-0.1, -0.05) is 42.5 Å². The van der Waals surface area contributed by atoms with Crippen molar-refractivity contribution in [1.29, 1.82) is 0 Å². The quantitative estimate of drug-likeness (QED) is 0.133. The average molecular weight is 707 g/mol. The zero-order valence-corrected chi connectivity index (χ0v) is 28.2. The van der Waals surface area contributed by atoms with Crippen LogP contribution in [0, 0.1) is 0 Å². The van der Waals surface area contributed by atoms with Crippen LogP contribution in [0.1, 0.15) is 15.9 Å². The Labute approximate surface area is 273 Å². The number of methoxy groups -OCH3 is 2. The van der Waals surface area contributed by atoms with Crippen molar-refractivity contribution in [3.8, 4) is 56.8 Å². The lowest BCUT2D eigenvalue weighted by Gasteiger charge is -2.22. The molecule has 4 rings (SSSR count). The van der Waals surface area contributed by atoms with Gasteiger partial charge in [-0.3, -0.25) is 4.79 Å². The molecule has 0 unspecified atom stereocenters. The van der Waals surface area contributed by atoms with E-state index in [0.717, 1.165) is 24.3 Å². The van der Waals surface area contributed by atoms with Crippen LogP contribution in [-0.4, -0.2) is 64.5 Å². The van der Waals surface area contributed by atoms with Crippen molar-refractivity contribution in [3.63, 3.8) is 0 Å². The Bertz CT molecular complexity index is 2110. The second kappa shape index (κ2) is 13.9. The molecule has 0 radical (unpaired) electrons. The molecule has 0 N–H and O–H groups in total. The minimum Gasteiger partial charge on any atom is -0.496 e. The Morgan fingerprint density at radius 3 is 1.77 bits per heavy atom. The van der Waals surface area contributed by atoms with E-state index in [1.807, 2.05) is 0 Å². The van der Waals surface area contributed by atoms with E-state index in [-0.39, 0.29) is 63.4 Å². The highest BCUT2D eigenvalue weighted by atomic mass is 32.2. The summed E-state index contributed by atoms with van der Waals surface area (Å²) in [6, 6.07) is 18.7. The van der Waals surface area contributed by atoms with Gasteiger partial charge < -0.3 is 26.8 Å². The van der Waals surface area contributed by atoms with E-state index in [0.29, 0.717) is 11.8 Å².